The van der Waals surface area contributed by atoms with Crippen LogP contribution in [0.5, 0.6) is 0 Å². The molecule has 47 valence electrons. The van der Waals surface area contributed by atoms with E-state index in [1.807, 2.05) is 5.49 Å². The molecular weight excluding hydrogens is 320 g/mol. The molecule has 0 aromatic heterocycles. The molecule has 0 spiro atoms. The topological polar surface area (TPSA) is 0 Å². The number of hydrogen-bond donors (Lipinski definition) is 0. The van der Waals surface area contributed by atoms with Crippen LogP contribution in [0.25, 0.3) is 0 Å². The Morgan fingerprint density at radius 2 is 0.833 bits per heavy atom. The van der Waals surface area contributed by atoms with Crippen molar-refractivity contribution in [2.24, 2.45) is 0 Å². The van der Waals surface area contributed by atoms with E-state index in [0.29, 0.717) is 0 Å². The summed E-state index contributed by atoms with van der Waals surface area (Å²) in [6.45, 7) is 0. The van der Waals surface area contributed by atoms with Crippen LogP contribution in [0.3, 0.4) is 0 Å². The Morgan fingerprint density at radius 3 is 1.50 bits per heavy atom. The molecule has 0 aromatic rings. The quantitative estimate of drug-likeness (QED) is 0.395. The summed E-state index contributed by atoms with van der Waals surface area (Å²) >= 11 is 0. The van der Waals surface area contributed by atoms with Gasteiger partial charge in [0.05, 0.1) is 5.49 Å². The van der Waals surface area contributed by atoms with Crippen LogP contribution < -0.4 is 0 Å². The van der Waals surface area contributed by atoms with Crippen LogP contribution in [0.1, 0.15) is 0 Å². The average molecular weight is 320 g/mol. The molecule has 0 bridgehead atoms. The van der Waals surface area contributed by atoms with Gasteiger partial charge in [-0.15, -0.1) is 0 Å². The Labute approximate surface area is 86.6 Å². The van der Waals surface area contributed by atoms with Crippen molar-refractivity contribution in [1.29, 1.82) is 0 Å². The molecule has 6 saturated heterocycles. The van der Waals surface area contributed by atoms with Gasteiger partial charge < -0.3 is 0 Å². The maximum absolute atomic E-state index is 1.91. The first-order valence-electron chi connectivity index (χ1n) is 4.62. The summed E-state index contributed by atoms with van der Waals surface area (Å²) in [5.74, 6) is 0. The van der Waals surface area contributed by atoms with Gasteiger partial charge >= 0.3 is 0 Å². The van der Waals surface area contributed by atoms with Crippen LogP contribution in [0.15, 0.2) is 0 Å². The van der Waals surface area contributed by atoms with Crippen LogP contribution in [0, 0.1) is 0 Å². The molecule has 0 aliphatic carbocycles. The smallest absolute Gasteiger partial charge is 0.0220 e. The van der Waals surface area contributed by atoms with E-state index in [9.17, 15) is 0 Å². The van der Waals surface area contributed by atoms with Crippen molar-refractivity contribution in [1.82, 2.24) is 0 Å². The average Bonchev–Trinajstić information content (AvgIpc) is 1.69. The lowest BCUT2D eigenvalue weighted by atomic mass is 10.6. The van der Waals surface area contributed by atoms with Gasteiger partial charge in [0.1, 0.15) is 0 Å². The molecule has 0 atom stereocenters. The Bertz CT molecular complexity index is 191. The van der Waals surface area contributed by atoms with Crippen LogP contribution >= 0.6 is 0 Å². The summed E-state index contributed by atoms with van der Waals surface area (Å²) in [7, 11) is 9.61. The normalized spacial score (nSPS) is 52.5. The minimum Gasteiger partial charge on any atom is -0.0220 e. The fraction of sp³-hybridized carbons (Fsp3) is 0. The molecular formula is BSi11. The molecule has 6 rings (SSSR count). The van der Waals surface area contributed by atoms with Crippen molar-refractivity contribution < 1.29 is 0 Å². The second-order valence-electron chi connectivity index (χ2n) is 4.67. The molecule has 0 saturated carbocycles. The third-order valence-electron chi connectivity index (χ3n) is 4.73. The highest BCUT2D eigenvalue weighted by molar-refractivity contribution is 8.76. The molecule has 6 aliphatic heterocycles. The predicted molar refractivity (Wildman–Crippen MR) is 69.0 cm³/mol. The summed E-state index contributed by atoms with van der Waals surface area (Å²) < 4.78 is 0. The summed E-state index contributed by atoms with van der Waals surface area (Å²) in [6, 6.07) is 0. The molecule has 6 fully saturated rings. The van der Waals surface area contributed by atoms with E-state index >= 15 is 0 Å². The van der Waals surface area contributed by atoms with Gasteiger partial charge in [-0.25, -0.2) is 0 Å². The molecule has 0 aromatic carbocycles. The van der Waals surface area contributed by atoms with Crippen LogP contribution in [-0.4, -0.2) is 87.4 Å². The van der Waals surface area contributed by atoms with Crippen LogP contribution in [0.4, 0.5) is 0 Å². The highest BCUT2D eigenvalue weighted by Crippen LogP contribution is 2.63. The van der Waals surface area contributed by atoms with Crippen LogP contribution in [-0.2, 0) is 0 Å². The SMILES string of the molecule is B12[Si]3[Si]4[Si]1[Si]1[Si]4[Si]4[Si]5[Si]3[Si]2[Si]5[Si]14. The van der Waals surface area contributed by atoms with E-state index < -0.39 is 0 Å². The Morgan fingerprint density at radius 1 is 0.417 bits per heavy atom. The van der Waals surface area contributed by atoms with Gasteiger partial charge in [0.15, 0.2) is 0 Å². The zero-order valence-corrected chi connectivity index (χ0v) is 17.1. The van der Waals surface area contributed by atoms with Gasteiger partial charge in [-0.2, -0.15) is 0 Å². The lowest BCUT2D eigenvalue weighted by Gasteiger charge is -3.00. The fourth-order valence-corrected chi connectivity index (χ4v) is 702. The van der Waals surface area contributed by atoms with Gasteiger partial charge in [0.25, 0.3) is 0 Å². The second kappa shape index (κ2) is 1.41. The molecule has 6 aliphatic rings. The maximum Gasteiger partial charge on any atom is 0.0971 e. The first-order chi connectivity index (χ1) is 6.00. The molecule has 0 nitrogen and oxygen atoms in total. The first kappa shape index (κ1) is 6.25. The number of hydrogen-bond acceptors (Lipinski definition) is 0. The minimum absolute atomic E-state index is 0.824. The van der Waals surface area contributed by atoms with Gasteiger partial charge in [-0.1, -0.05) is 0 Å². The molecule has 0 amide bonds. The molecule has 11 radical (unpaired) electrons. The van der Waals surface area contributed by atoms with Crippen molar-refractivity contribution in [3.8, 4) is 0 Å². The molecule has 6 heterocycles. The lowest BCUT2D eigenvalue weighted by molar-refractivity contribution is 2.76. The van der Waals surface area contributed by atoms with Crippen molar-refractivity contribution in [3.63, 3.8) is 0 Å². The summed E-state index contributed by atoms with van der Waals surface area (Å²) in [6.07, 6.45) is 0. The third-order valence-corrected chi connectivity index (χ3v) is 290. The second-order valence-corrected chi connectivity index (χ2v) is 103. The summed E-state index contributed by atoms with van der Waals surface area (Å²) in [4.78, 5) is 0. The maximum atomic E-state index is 1.91. The minimum atomic E-state index is 0.824. The van der Waals surface area contributed by atoms with Crippen molar-refractivity contribution >= 4 is 87.4 Å². The Hall–Kier alpha value is 2.45. The zero-order chi connectivity index (χ0) is 6.93. The summed E-state index contributed by atoms with van der Waals surface area (Å²) in [5.41, 5.74) is 1.91. The molecule has 12 heteroatoms. The molecule has 0 N–H and O–H groups in total. The third kappa shape index (κ3) is 0.295. The fourth-order valence-electron chi connectivity index (χ4n) is 4.39. The van der Waals surface area contributed by atoms with E-state index in [0.717, 1.165) is 81.9 Å². The van der Waals surface area contributed by atoms with E-state index in [4.69, 9.17) is 0 Å². The van der Waals surface area contributed by atoms with Gasteiger partial charge in [0.2, 0.25) is 0 Å². The van der Waals surface area contributed by atoms with Gasteiger partial charge in [0, 0.05) is 0 Å². The highest BCUT2D eigenvalue weighted by atomic mass is 30.9. The van der Waals surface area contributed by atoms with Crippen molar-refractivity contribution in [2.75, 3.05) is 0 Å². The van der Waals surface area contributed by atoms with E-state index in [2.05, 4.69) is 0 Å². The van der Waals surface area contributed by atoms with Gasteiger partial charge in [-0.3, -0.25) is 0 Å². The van der Waals surface area contributed by atoms with Crippen molar-refractivity contribution in [3.05, 3.63) is 0 Å². The number of rotatable bonds is 0. The van der Waals surface area contributed by atoms with E-state index in [1.54, 1.807) is 0 Å². The largest absolute Gasteiger partial charge is 0.0971 e. The van der Waals surface area contributed by atoms with Crippen LogP contribution in [0.2, 0.25) is 0 Å². The highest BCUT2D eigenvalue weighted by Gasteiger charge is 3.01. The van der Waals surface area contributed by atoms with E-state index in [1.165, 1.54) is 0 Å². The molecule has 12 heavy (non-hydrogen) atoms. The monoisotopic (exact) mass is 319 g/mol. The Kier molecular flexibility index (Phi) is 0.735. The molecule has 0 unspecified atom stereocenters. The summed E-state index contributed by atoms with van der Waals surface area (Å²) in [5, 5.41) is 0. The number of fused-ring (bicyclic) bond motifs is 18. The van der Waals surface area contributed by atoms with Crippen molar-refractivity contribution in [2.45, 2.75) is 0 Å². The first-order valence-corrected chi connectivity index (χ1v) is 36.3. The van der Waals surface area contributed by atoms with E-state index in [-0.39, 0.29) is 0 Å². The lowest BCUT2D eigenvalue weighted by Crippen LogP contribution is -3.38. The Balaban J connectivity index is 1.69. The predicted octanol–water partition coefficient (Wildman–Crippen LogP) is -4.57. The standard InChI is InChI=1S/BSi11/c1-2-5-3(1)7-9(5)12-10-6(2)4(1)8(10)11(7)12. The van der Waals surface area contributed by atoms with Gasteiger partial charge in [-0.05, 0) is 81.9 Å². The zero-order valence-electron chi connectivity index (χ0n) is 6.08.